The largest absolute Gasteiger partial charge is 0.289 e. The predicted molar refractivity (Wildman–Crippen MR) is 48.5 cm³/mol. The van der Waals surface area contributed by atoms with E-state index in [1.54, 1.807) is 30.4 Å². The second-order valence-electron chi connectivity index (χ2n) is 2.78. The number of hydrogen-bond acceptors (Lipinski definition) is 1. The highest BCUT2D eigenvalue weighted by Crippen LogP contribution is 2.22. The van der Waals surface area contributed by atoms with E-state index in [9.17, 15) is 9.18 Å². The van der Waals surface area contributed by atoms with Crippen LogP contribution in [0.3, 0.4) is 0 Å². The average molecular weight is 174 g/mol. The third kappa shape index (κ3) is 1.31. The normalized spacial score (nSPS) is 14.8. The van der Waals surface area contributed by atoms with E-state index in [-0.39, 0.29) is 11.6 Å². The molecule has 0 saturated heterocycles. The van der Waals surface area contributed by atoms with Gasteiger partial charge in [0.05, 0.1) is 0 Å². The van der Waals surface area contributed by atoms with Gasteiger partial charge in [-0.2, -0.15) is 0 Å². The monoisotopic (exact) mass is 174 g/mol. The first-order valence-electron chi connectivity index (χ1n) is 3.96. The Morgan fingerprint density at radius 2 is 1.92 bits per heavy atom. The van der Waals surface area contributed by atoms with Crippen LogP contribution < -0.4 is 0 Å². The molecule has 0 fully saturated rings. The van der Waals surface area contributed by atoms with Crippen LogP contribution >= 0.6 is 0 Å². The first-order chi connectivity index (χ1) is 6.29. The molecular weight excluding hydrogens is 167 g/mol. The van der Waals surface area contributed by atoms with Crippen molar-refractivity contribution in [1.82, 2.24) is 0 Å². The number of allylic oxidation sites excluding steroid dienone is 4. The van der Waals surface area contributed by atoms with Crippen molar-refractivity contribution in [3.63, 3.8) is 0 Å². The lowest BCUT2D eigenvalue weighted by Crippen LogP contribution is -1.96. The van der Waals surface area contributed by atoms with Crippen molar-refractivity contribution in [2.45, 2.75) is 0 Å². The maximum atomic E-state index is 13.2. The molecule has 13 heavy (non-hydrogen) atoms. The molecule has 1 aromatic rings. The van der Waals surface area contributed by atoms with Gasteiger partial charge in [-0.25, -0.2) is 4.39 Å². The molecule has 0 amide bonds. The van der Waals surface area contributed by atoms with E-state index in [1.807, 2.05) is 0 Å². The smallest absolute Gasteiger partial charge is 0.186 e. The molecule has 1 aliphatic rings. The van der Waals surface area contributed by atoms with Crippen LogP contribution in [0.2, 0.25) is 0 Å². The lowest BCUT2D eigenvalue weighted by atomic mass is 10.0. The van der Waals surface area contributed by atoms with E-state index in [2.05, 4.69) is 0 Å². The van der Waals surface area contributed by atoms with Gasteiger partial charge in [0, 0.05) is 11.1 Å². The molecule has 1 nitrogen and oxygen atoms in total. The van der Waals surface area contributed by atoms with Crippen LogP contribution in [0, 0.1) is 5.82 Å². The first kappa shape index (κ1) is 7.92. The van der Waals surface area contributed by atoms with Crippen LogP contribution in [0.5, 0.6) is 0 Å². The van der Waals surface area contributed by atoms with Gasteiger partial charge in [0.25, 0.3) is 0 Å². The average Bonchev–Trinajstić information content (AvgIpc) is 2.52. The van der Waals surface area contributed by atoms with Crippen LogP contribution in [-0.4, -0.2) is 5.78 Å². The van der Waals surface area contributed by atoms with Crippen LogP contribution in [0.25, 0.3) is 5.57 Å². The number of rotatable bonds is 1. The van der Waals surface area contributed by atoms with Gasteiger partial charge in [-0.3, -0.25) is 4.79 Å². The lowest BCUT2D eigenvalue weighted by Gasteiger charge is -2.01. The molecule has 0 heterocycles. The van der Waals surface area contributed by atoms with Crippen molar-refractivity contribution in [1.29, 1.82) is 0 Å². The zero-order chi connectivity index (χ0) is 9.26. The zero-order valence-corrected chi connectivity index (χ0v) is 6.83. The van der Waals surface area contributed by atoms with Crippen LogP contribution in [0.15, 0.2) is 42.5 Å². The van der Waals surface area contributed by atoms with Gasteiger partial charge >= 0.3 is 0 Å². The quantitative estimate of drug-likeness (QED) is 0.638. The molecule has 2 rings (SSSR count). The van der Waals surface area contributed by atoms with Crippen LogP contribution in [-0.2, 0) is 4.79 Å². The Morgan fingerprint density at radius 3 is 2.54 bits per heavy atom. The van der Waals surface area contributed by atoms with Crippen molar-refractivity contribution in [3.05, 3.63) is 53.9 Å². The summed E-state index contributed by atoms with van der Waals surface area (Å²) in [5.74, 6) is -0.490. The Kier molecular flexibility index (Phi) is 1.81. The Bertz CT molecular complexity index is 416. The third-order valence-electron chi connectivity index (χ3n) is 1.94. The fraction of sp³-hybridized carbons (Fsp3) is 0. The van der Waals surface area contributed by atoms with Gasteiger partial charge in [-0.1, -0.05) is 30.4 Å². The van der Waals surface area contributed by atoms with Gasteiger partial charge in [0.15, 0.2) is 5.78 Å². The number of halogens is 1. The fourth-order valence-corrected chi connectivity index (χ4v) is 1.31. The van der Waals surface area contributed by atoms with Crippen molar-refractivity contribution < 1.29 is 9.18 Å². The summed E-state index contributed by atoms with van der Waals surface area (Å²) < 4.78 is 13.2. The summed E-state index contributed by atoms with van der Waals surface area (Å²) in [5.41, 5.74) is 0.801. The summed E-state index contributed by atoms with van der Waals surface area (Å²) in [7, 11) is 0. The van der Waals surface area contributed by atoms with E-state index in [0.29, 0.717) is 11.1 Å². The molecule has 0 spiro atoms. The van der Waals surface area contributed by atoms with Gasteiger partial charge < -0.3 is 0 Å². The highest BCUT2D eigenvalue weighted by molar-refractivity contribution is 6.28. The molecule has 1 aromatic carbocycles. The summed E-state index contributed by atoms with van der Waals surface area (Å²) in [6.07, 6.45) is 4.69. The predicted octanol–water partition coefficient (Wildman–Crippen LogP) is 2.35. The topological polar surface area (TPSA) is 17.1 Å². The van der Waals surface area contributed by atoms with Gasteiger partial charge in [-0.15, -0.1) is 0 Å². The van der Waals surface area contributed by atoms with Crippen molar-refractivity contribution >= 4 is 11.4 Å². The van der Waals surface area contributed by atoms with Gasteiger partial charge in [0.1, 0.15) is 5.82 Å². The molecule has 0 aliphatic heterocycles. The summed E-state index contributed by atoms with van der Waals surface area (Å²) in [4.78, 5) is 11.2. The minimum absolute atomic E-state index is 0.134. The number of hydrogen-bond donors (Lipinski definition) is 0. The van der Waals surface area contributed by atoms with E-state index >= 15 is 0 Å². The van der Waals surface area contributed by atoms with Gasteiger partial charge in [-0.05, 0) is 12.1 Å². The molecule has 0 N–H and O–H groups in total. The Morgan fingerprint density at radius 1 is 1.15 bits per heavy atom. The highest BCUT2D eigenvalue weighted by Gasteiger charge is 2.14. The van der Waals surface area contributed by atoms with E-state index in [4.69, 9.17) is 0 Å². The number of carbonyl (C=O) groups excluding carboxylic acids is 1. The fourth-order valence-electron chi connectivity index (χ4n) is 1.31. The Hall–Kier alpha value is -1.70. The highest BCUT2D eigenvalue weighted by atomic mass is 19.1. The molecule has 2 heteroatoms. The van der Waals surface area contributed by atoms with Crippen LogP contribution in [0.1, 0.15) is 5.56 Å². The van der Waals surface area contributed by atoms with E-state index in [1.165, 1.54) is 12.1 Å². The molecule has 0 bridgehead atoms. The maximum Gasteiger partial charge on any atom is 0.186 e. The molecule has 0 radical (unpaired) electrons. The SMILES string of the molecule is O=C1C=CC=C1c1ccccc1F. The zero-order valence-electron chi connectivity index (χ0n) is 6.83. The second-order valence-corrected chi connectivity index (χ2v) is 2.78. The number of ketones is 1. The minimum atomic E-state index is -0.356. The summed E-state index contributed by atoms with van der Waals surface area (Å²) in [5, 5.41) is 0. The summed E-state index contributed by atoms with van der Waals surface area (Å²) in [6, 6.07) is 6.27. The van der Waals surface area contributed by atoms with E-state index in [0.717, 1.165) is 0 Å². The molecule has 0 unspecified atom stereocenters. The van der Waals surface area contributed by atoms with Crippen molar-refractivity contribution in [2.24, 2.45) is 0 Å². The Labute approximate surface area is 75.2 Å². The molecule has 64 valence electrons. The van der Waals surface area contributed by atoms with Crippen molar-refractivity contribution in [2.75, 3.05) is 0 Å². The summed E-state index contributed by atoms with van der Waals surface area (Å²) >= 11 is 0. The van der Waals surface area contributed by atoms with Crippen LogP contribution in [0.4, 0.5) is 4.39 Å². The summed E-state index contributed by atoms with van der Waals surface area (Å²) in [6.45, 7) is 0. The van der Waals surface area contributed by atoms with E-state index < -0.39 is 0 Å². The maximum absolute atomic E-state index is 13.2. The Balaban J connectivity index is 2.48. The first-order valence-corrected chi connectivity index (χ1v) is 3.96. The molecular formula is C11H7FO. The van der Waals surface area contributed by atoms with Crippen molar-refractivity contribution in [3.8, 4) is 0 Å². The standard InChI is InChI=1S/C11H7FO/c12-10-6-2-1-4-8(10)9-5-3-7-11(9)13/h1-7H. The third-order valence-corrected chi connectivity index (χ3v) is 1.94. The second kappa shape index (κ2) is 2.98. The molecule has 0 atom stereocenters. The molecule has 0 aromatic heterocycles. The minimum Gasteiger partial charge on any atom is -0.289 e. The molecule has 0 saturated carbocycles. The van der Waals surface area contributed by atoms with Gasteiger partial charge in [0.2, 0.25) is 0 Å². The molecule has 1 aliphatic carbocycles. The number of benzene rings is 1. The lowest BCUT2D eigenvalue weighted by molar-refractivity contribution is -0.109. The number of carbonyl (C=O) groups is 1.